The highest BCUT2D eigenvalue weighted by molar-refractivity contribution is 6.31. The molecule has 0 amide bonds. The summed E-state index contributed by atoms with van der Waals surface area (Å²) in [5, 5.41) is 14.1. The predicted molar refractivity (Wildman–Crippen MR) is 73.4 cm³/mol. The van der Waals surface area contributed by atoms with E-state index < -0.39 is 4.92 Å². The van der Waals surface area contributed by atoms with Gasteiger partial charge in [0.25, 0.3) is 0 Å². The van der Waals surface area contributed by atoms with Gasteiger partial charge in [0, 0.05) is 6.04 Å². The molecular weight excluding hydrogens is 268 g/mol. The van der Waals surface area contributed by atoms with Crippen molar-refractivity contribution < 1.29 is 4.92 Å². The summed E-state index contributed by atoms with van der Waals surface area (Å²) in [6.07, 6.45) is 9.30. The number of aromatic nitrogens is 2. The number of nitro groups is 1. The van der Waals surface area contributed by atoms with E-state index in [0.29, 0.717) is 0 Å². The van der Waals surface area contributed by atoms with E-state index >= 15 is 0 Å². The molecule has 0 bridgehead atoms. The fourth-order valence-corrected chi connectivity index (χ4v) is 2.62. The third kappa shape index (κ3) is 3.76. The SMILES string of the molecule is O=[N+]([O-])c1c(Cl)ncnc1NC1CCCCCCC1. The number of hydrogen-bond acceptors (Lipinski definition) is 5. The molecule has 1 fully saturated rings. The van der Waals surface area contributed by atoms with Gasteiger partial charge in [0.15, 0.2) is 0 Å². The summed E-state index contributed by atoms with van der Waals surface area (Å²) in [4.78, 5) is 18.1. The molecule has 1 aliphatic carbocycles. The Morgan fingerprint density at radius 1 is 1.21 bits per heavy atom. The number of rotatable bonds is 3. The molecule has 1 aliphatic rings. The van der Waals surface area contributed by atoms with E-state index in [9.17, 15) is 10.1 Å². The lowest BCUT2D eigenvalue weighted by molar-refractivity contribution is -0.384. The Hall–Kier alpha value is -1.43. The lowest BCUT2D eigenvalue weighted by atomic mass is 9.97. The quantitative estimate of drug-likeness (QED) is 0.521. The van der Waals surface area contributed by atoms with Crippen LogP contribution in [0, 0.1) is 10.1 Å². The van der Waals surface area contributed by atoms with E-state index in [0.717, 1.165) is 25.7 Å². The monoisotopic (exact) mass is 284 g/mol. The highest BCUT2D eigenvalue weighted by atomic mass is 35.5. The van der Waals surface area contributed by atoms with Gasteiger partial charge in [-0.2, -0.15) is 0 Å². The van der Waals surface area contributed by atoms with Crippen LogP contribution in [0.15, 0.2) is 6.33 Å². The molecule has 0 radical (unpaired) electrons. The predicted octanol–water partition coefficient (Wildman–Crippen LogP) is 3.56. The number of anilines is 1. The zero-order valence-electron chi connectivity index (χ0n) is 10.6. The molecule has 0 aromatic carbocycles. The Labute approximate surface area is 116 Å². The molecule has 1 aromatic rings. The molecule has 0 aliphatic heterocycles. The van der Waals surface area contributed by atoms with Gasteiger partial charge in [0.1, 0.15) is 6.33 Å². The van der Waals surface area contributed by atoms with E-state index in [1.807, 2.05) is 0 Å². The van der Waals surface area contributed by atoms with Crippen LogP contribution < -0.4 is 5.32 Å². The Balaban J connectivity index is 2.13. The number of nitrogens with one attached hydrogen (secondary N) is 1. The molecule has 0 spiro atoms. The summed E-state index contributed by atoms with van der Waals surface area (Å²) in [6, 6.07) is 0.227. The fraction of sp³-hybridized carbons (Fsp3) is 0.667. The minimum atomic E-state index is -0.534. The second-order valence-electron chi connectivity index (χ2n) is 4.81. The van der Waals surface area contributed by atoms with E-state index in [-0.39, 0.29) is 22.7 Å². The van der Waals surface area contributed by atoms with Crippen LogP contribution in [0.3, 0.4) is 0 Å². The van der Waals surface area contributed by atoms with Crippen LogP contribution in [0.2, 0.25) is 5.15 Å². The van der Waals surface area contributed by atoms with Crippen LogP contribution in [-0.4, -0.2) is 20.9 Å². The van der Waals surface area contributed by atoms with Crippen LogP contribution in [-0.2, 0) is 0 Å². The van der Waals surface area contributed by atoms with E-state index in [1.54, 1.807) is 0 Å². The maximum Gasteiger partial charge on any atom is 0.348 e. The maximum absolute atomic E-state index is 11.0. The summed E-state index contributed by atoms with van der Waals surface area (Å²) >= 11 is 5.77. The second kappa shape index (κ2) is 6.65. The standard InChI is InChI=1S/C12H17ClN4O2/c13-11-10(17(18)19)12(15-8-14-11)16-9-6-4-2-1-3-5-7-9/h8-9H,1-7H2,(H,14,15,16). The Bertz CT molecular complexity index is 447. The first kappa shape index (κ1) is 14.0. The fourth-order valence-electron chi connectivity index (χ4n) is 2.42. The summed E-state index contributed by atoms with van der Waals surface area (Å²) in [5.41, 5.74) is -0.230. The minimum Gasteiger partial charge on any atom is -0.361 e. The molecule has 7 heteroatoms. The molecule has 6 nitrogen and oxygen atoms in total. The van der Waals surface area contributed by atoms with Crippen molar-refractivity contribution in [2.45, 2.75) is 51.0 Å². The highest BCUT2D eigenvalue weighted by Gasteiger charge is 2.23. The normalized spacial score (nSPS) is 17.5. The summed E-state index contributed by atoms with van der Waals surface area (Å²) < 4.78 is 0. The van der Waals surface area contributed by atoms with Crippen molar-refractivity contribution >= 4 is 23.1 Å². The third-order valence-electron chi connectivity index (χ3n) is 3.41. The van der Waals surface area contributed by atoms with Gasteiger partial charge in [-0.05, 0) is 12.8 Å². The van der Waals surface area contributed by atoms with Crippen LogP contribution in [0.5, 0.6) is 0 Å². The lowest BCUT2D eigenvalue weighted by Gasteiger charge is -2.21. The van der Waals surface area contributed by atoms with Crippen molar-refractivity contribution in [3.8, 4) is 0 Å². The average Bonchev–Trinajstić information content (AvgIpc) is 2.32. The molecule has 104 valence electrons. The van der Waals surface area contributed by atoms with Crippen molar-refractivity contribution in [3.05, 3.63) is 21.6 Å². The lowest BCUT2D eigenvalue weighted by Crippen LogP contribution is -2.22. The van der Waals surface area contributed by atoms with Crippen molar-refractivity contribution in [2.75, 3.05) is 5.32 Å². The van der Waals surface area contributed by atoms with Crippen LogP contribution in [0.25, 0.3) is 0 Å². The van der Waals surface area contributed by atoms with Gasteiger partial charge < -0.3 is 5.32 Å². The van der Waals surface area contributed by atoms with Crippen LogP contribution in [0.1, 0.15) is 44.9 Å². The highest BCUT2D eigenvalue weighted by Crippen LogP contribution is 2.30. The van der Waals surface area contributed by atoms with Gasteiger partial charge >= 0.3 is 5.69 Å². The van der Waals surface area contributed by atoms with Crippen molar-refractivity contribution in [1.82, 2.24) is 9.97 Å². The smallest absolute Gasteiger partial charge is 0.348 e. The number of hydrogen-bond donors (Lipinski definition) is 1. The van der Waals surface area contributed by atoms with E-state index in [1.165, 1.54) is 25.6 Å². The molecule has 1 N–H and O–H groups in total. The average molecular weight is 285 g/mol. The Kier molecular flexibility index (Phi) is 4.90. The molecule has 2 rings (SSSR count). The first-order valence-corrected chi connectivity index (χ1v) is 6.97. The molecule has 0 saturated heterocycles. The van der Waals surface area contributed by atoms with Crippen molar-refractivity contribution in [1.29, 1.82) is 0 Å². The first-order valence-electron chi connectivity index (χ1n) is 6.60. The zero-order valence-corrected chi connectivity index (χ0v) is 11.4. The van der Waals surface area contributed by atoms with E-state index in [4.69, 9.17) is 11.6 Å². The molecular formula is C12H17ClN4O2. The summed E-state index contributed by atoms with van der Waals surface area (Å²) in [7, 11) is 0. The van der Waals surface area contributed by atoms with Gasteiger partial charge in [-0.25, -0.2) is 9.97 Å². The van der Waals surface area contributed by atoms with Gasteiger partial charge in [0.2, 0.25) is 11.0 Å². The molecule has 0 atom stereocenters. The van der Waals surface area contributed by atoms with Gasteiger partial charge in [-0.3, -0.25) is 10.1 Å². The first-order chi connectivity index (χ1) is 9.18. The van der Waals surface area contributed by atoms with Crippen molar-refractivity contribution in [2.24, 2.45) is 0 Å². The number of nitrogens with zero attached hydrogens (tertiary/aromatic N) is 3. The molecule has 0 unspecified atom stereocenters. The van der Waals surface area contributed by atoms with Crippen LogP contribution >= 0.6 is 11.6 Å². The zero-order chi connectivity index (χ0) is 13.7. The largest absolute Gasteiger partial charge is 0.361 e. The van der Waals surface area contributed by atoms with Gasteiger partial charge in [-0.1, -0.05) is 43.7 Å². The number of halogens is 1. The molecule has 1 aromatic heterocycles. The second-order valence-corrected chi connectivity index (χ2v) is 5.16. The molecule has 1 heterocycles. The van der Waals surface area contributed by atoms with Crippen molar-refractivity contribution in [3.63, 3.8) is 0 Å². The minimum absolute atomic E-state index is 0.117. The van der Waals surface area contributed by atoms with Gasteiger partial charge in [0.05, 0.1) is 4.92 Å². The van der Waals surface area contributed by atoms with Crippen LogP contribution in [0.4, 0.5) is 11.5 Å². The Morgan fingerprint density at radius 3 is 2.47 bits per heavy atom. The topological polar surface area (TPSA) is 81.0 Å². The third-order valence-corrected chi connectivity index (χ3v) is 3.68. The molecule has 1 saturated carbocycles. The molecule has 19 heavy (non-hydrogen) atoms. The van der Waals surface area contributed by atoms with E-state index in [2.05, 4.69) is 15.3 Å². The summed E-state index contributed by atoms with van der Waals surface area (Å²) in [5.74, 6) is 0.232. The Morgan fingerprint density at radius 2 is 1.84 bits per heavy atom. The van der Waals surface area contributed by atoms with Gasteiger partial charge in [-0.15, -0.1) is 0 Å². The summed E-state index contributed by atoms with van der Waals surface area (Å²) in [6.45, 7) is 0. The maximum atomic E-state index is 11.0.